The molecule has 6 aromatic rings. The Balaban J connectivity index is 0.994. The molecule has 0 aliphatic heterocycles. The van der Waals surface area contributed by atoms with E-state index in [1.54, 1.807) is 35.7 Å². The lowest BCUT2D eigenvalue weighted by atomic mass is 10.2. The van der Waals surface area contributed by atoms with Gasteiger partial charge in [0, 0.05) is 33.4 Å². The first-order valence-electron chi connectivity index (χ1n) is 18.4. The van der Waals surface area contributed by atoms with E-state index in [1.807, 2.05) is 170 Å². The lowest BCUT2D eigenvalue weighted by molar-refractivity contribution is -0.144. The van der Waals surface area contributed by atoms with Crippen LogP contribution in [-0.4, -0.2) is 48.9 Å². The van der Waals surface area contributed by atoms with Crippen LogP contribution in [-0.2, 0) is 19.1 Å². The number of hydrogen-bond donors (Lipinski definition) is 0. The SMILES string of the molecule is O=C(/C=C/c1ccccc1)OC(COc1ccc(Oc2ccc(OCC(CSc3ccccc3)OC(=O)/C=C/c3ccccc3)cc2)cc1)CSc1ccccc1. The van der Waals surface area contributed by atoms with Gasteiger partial charge >= 0.3 is 11.9 Å². The molecular formula is C48H42O7S2. The van der Waals surface area contributed by atoms with E-state index >= 15 is 0 Å². The molecule has 0 amide bonds. The van der Waals surface area contributed by atoms with Crippen molar-refractivity contribution in [2.75, 3.05) is 24.7 Å². The molecule has 7 nitrogen and oxygen atoms in total. The molecule has 0 fully saturated rings. The Bertz CT molecular complexity index is 1990. The molecule has 0 saturated heterocycles. The standard InChI is InChI=1S/C48H42O7S2/c49-47(31-21-37-13-5-1-6-14-37)54-43(35-56-45-17-9-3-10-18-45)33-51-39-23-27-41(28-24-39)53-42-29-25-40(26-30-42)52-34-44(36-57-46-19-11-4-12-20-46)55-48(50)32-22-38-15-7-2-8-16-38/h1-32,43-44H,33-36H2/b31-21+,32-22+. The second-order valence-electron chi connectivity index (χ2n) is 12.5. The van der Waals surface area contributed by atoms with Gasteiger partial charge in [0.05, 0.1) is 0 Å². The molecule has 0 aliphatic rings. The minimum atomic E-state index is -0.485. The maximum atomic E-state index is 12.7. The van der Waals surface area contributed by atoms with Crippen LogP contribution in [0.3, 0.4) is 0 Å². The summed E-state index contributed by atoms with van der Waals surface area (Å²) in [5.74, 6) is 2.68. The number of rotatable bonds is 20. The van der Waals surface area contributed by atoms with Gasteiger partial charge in [0.2, 0.25) is 0 Å². The van der Waals surface area contributed by atoms with Crippen molar-refractivity contribution >= 4 is 47.6 Å². The second kappa shape index (κ2) is 22.4. The van der Waals surface area contributed by atoms with E-state index in [0.717, 1.165) is 20.9 Å². The Morgan fingerprint density at radius 2 is 0.772 bits per heavy atom. The molecule has 0 saturated carbocycles. The van der Waals surface area contributed by atoms with Gasteiger partial charge in [-0.25, -0.2) is 9.59 Å². The van der Waals surface area contributed by atoms with Crippen molar-refractivity contribution in [2.45, 2.75) is 22.0 Å². The molecular weight excluding hydrogens is 753 g/mol. The fourth-order valence-corrected chi connectivity index (χ4v) is 7.01. The molecule has 288 valence electrons. The molecule has 9 heteroatoms. The second-order valence-corrected chi connectivity index (χ2v) is 14.7. The summed E-state index contributed by atoms with van der Waals surface area (Å²) >= 11 is 3.20. The maximum Gasteiger partial charge on any atom is 0.331 e. The van der Waals surface area contributed by atoms with E-state index in [1.165, 1.54) is 12.2 Å². The van der Waals surface area contributed by atoms with Crippen molar-refractivity contribution in [2.24, 2.45) is 0 Å². The molecule has 0 heterocycles. The summed E-state index contributed by atoms with van der Waals surface area (Å²) in [6.45, 7) is 0.365. The summed E-state index contributed by atoms with van der Waals surface area (Å²) in [5.41, 5.74) is 1.83. The van der Waals surface area contributed by atoms with Crippen LogP contribution in [0.4, 0.5) is 0 Å². The highest BCUT2D eigenvalue weighted by atomic mass is 32.2. The summed E-state index contributed by atoms with van der Waals surface area (Å²) in [7, 11) is 0. The number of thioether (sulfide) groups is 2. The van der Waals surface area contributed by atoms with Crippen LogP contribution in [0.1, 0.15) is 11.1 Å². The zero-order chi connectivity index (χ0) is 39.3. The summed E-state index contributed by atoms with van der Waals surface area (Å²) in [5, 5.41) is 0. The van der Waals surface area contributed by atoms with Crippen LogP contribution in [0, 0.1) is 0 Å². The Morgan fingerprint density at radius 1 is 0.439 bits per heavy atom. The van der Waals surface area contributed by atoms with Gasteiger partial charge in [0.1, 0.15) is 48.4 Å². The highest BCUT2D eigenvalue weighted by Crippen LogP contribution is 2.27. The van der Waals surface area contributed by atoms with Gasteiger partial charge in [0.25, 0.3) is 0 Å². The summed E-state index contributed by atoms with van der Waals surface area (Å²) in [4.78, 5) is 27.6. The highest BCUT2D eigenvalue weighted by molar-refractivity contribution is 7.99. The van der Waals surface area contributed by atoms with E-state index in [0.29, 0.717) is 34.5 Å². The predicted octanol–water partition coefficient (Wildman–Crippen LogP) is 11.1. The molecule has 0 N–H and O–H groups in total. The van der Waals surface area contributed by atoms with E-state index in [4.69, 9.17) is 23.7 Å². The quantitative estimate of drug-likeness (QED) is 0.0426. The lowest BCUT2D eigenvalue weighted by Gasteiger charge is -2.18. The average Bonchev–Trinajstić information content (AvgIpc) is 3.26. The van der Waals surface area contributed by atoms with E-state index < -0.39 is 24.1 Å². The first-order chi connectivity index (χ1) is 28.0. The summed E-state index contributed by atoms with van der Waals surface area (Å²) < 4.78 is 29.8. The van der Waals surface area contributed by atoms with Crippen molar-refractivity contribution in [1.82, 2.24) is 0 Å². The number of esters is 2. The van der Waals surface area contributed by atoms with Crippen molar-refractivity contribution in [3.05, 3.63) is 193 Å². The van der Waals surface area contributed by atoms with Crippen LogP contribution in [0.2, 0.25) is 0 Å². The first-order valence-corrected chi connectivity index (χ1v) is 20.4. The zero-order valence-corrected chi connectivity index (χ0v) is 32.8. The maximum absolute atomic E-state index is 12.7. The van der Waals surface area contributed by atoms with Gasteiger partial charge in [-0.1, -0.05) is 97.1 Å². The Hall–Kier alpha value is -6.16. The molecule has 2 atom stereocenters. The predicted molar refractivity (Wildman–Crippen MR) is 229 cm³/mol. The van der Waals surface area contributed by atoms with Crippen molar-refractivity contribution < 1.29 is 33.3 Å². The minimum absolute atomic E-state index is 0.182. The molecule has 0 spiro atoms. The van der Waals surface area contributed by atoms with Gasteiger partial charge < -0.3 is 23.7 Å². The van der Waals surface area contributed by atoms with Crippen LogP contribution >= 0.6 is 23.5 Å². The lowest BCUT2D eigenvalue weighted by Crippen LogP contribution is -2.26. The fraction of sp³-hybridized carbons (Fsp3) is 0.125. The number of carbonyl (C=O) groups excluding carboxylic acids is 2. The van der Waals surface area contributed by atoms with E-state index in [-0.39, 0.29) is 13.2 Å². The summed E-state index contributed by atoms with van der Waals surface area (Å²) in [6.07, 6.45) is 5.38. The number of ether oxygens (including phenoxy) is 5. The molecule has 2 unspecified atom stereocenters. The van der Waals surface area contributed by atoms with Crippen LogP contribution in [0.5, 0.6) is 23.0 Å². The smallest absolute Gasteiger partial charge is 0.331 e. The summed E-state index contributed by atoms with van der Waals surface area (Å²) in [6, 6.07) is 53.7. The first kappa shape index (κ1) is 40.5. The van der Waals surface area contributed by atoms with Gasteiger partial charge in [-0.15, -0.1) is 23.5 Å². The molecule has 0 aliphatic carbocycles. The number of benzene rings is 6. The van der Waals surface area contributed by atoms with Crippen molar-refractivity contribution in [3.8, 4) is 23.0 Å². The van der Waals surface area contributed by atoms with Gasteiger partial charge in [0.15, 0.2) is 0 Å². The monoisotopic (exact) mass is 794 g/mol. The normalized spacial score (nSPS) is 12.1. The fourth-order valence-electron chi connectivity index (χ4n) is 5.23. The third-order valence-electron chi connectivity index (χ3n) is 8.10. The molecule has 6 rings (SSSR count). The third-order valence-corrected chi connectivity index (χ3v) is 10.4. The van der Waals surface area contributed by atoms with Crippen LogP contribution in [0.25, 0.3) is 12.2 Å². The van der Waals surface area contributed by atoms with E-state index in [9.17, 15) is 9.59 Å². The molecule has 0 bridgehead atoms. The molecule has 57 heavy (non-hydrogen) atoms. The van der Waals surface area contributed by atoms with Crippen molar-refractivity contribution in [1.29, 1.82) is 0 Å². The van der Waals surface area contributed by atoms with Gasteiger partial charge in [-0.05, 0) is 96.1 Å². The minimum Gasteiger partial charge on any atom is -0.490 e. The van der Waals surface area contributed by atoms with Crippen LogP contribution in [0.15, 0.2) is 192 Å². The van der Waals surface area contributed by atoms with E-state index in [2.05, 4.69) is 0 Å². The number of hydrogen-bond acceptors (Lipinski definition) is 9. The molecule has 0 radical (unpaired) electrons. The Morgan fingerprint density at radius 3 is 1.14 bits per heavy atom. The molecule has 0 aromatic heterocycles. The van der Waals surface area contributed by atoms with Gasteiger partial charge in [-0.3, -0.25) is 0 Å². The van der Waals surface area contributed by atoms with Gasteiger partial charge in [-0.2, -0.15) is 0 Å². The highest BCUT2D eigenvalue weighted by Gasteiger charge is 2.17. The molecule has 6 aromatic carbocycles. The van der Waals surface area contributed by atoms with Crippen LogP contribution < -0.4 is 14.2 Å². The number of carbonyl (C=O) groups is 2. The Labute approximate surface area is 342 Å². The zero-order valence-electron chi connectivity index (χ0n) is 31.1. The largest absolute Gasteiger partial charge is 0.490 e. The third kappa shape index (κ3) is 14.8. The Kier molecular flexibility index (Phi) is 15.9. The topological polar surface area (TPSA) is 80.3 Å². The van der Waals surface area contributed by atoms with Crippen molar-refractivity contribution in [3.63, 3.8) is 0 Å². The average molecular weight is 795 g/mol.